The summed E-state index contributed by atoms with van der Waals surface area (Å²) in [6, 6.07) is 10.7. The quantitative estimate of drug-likeness (QED) is 0.670. The van der Waals surface area contributed by atoms with Crippen LogP contribution in [0.25, 0.3) is 0 Å². The Morgan fingerprint density at radius 3 is 2.85 bits per heavy atom. The summed E-state index contributed by atoms with van der Waals surface area (Å²) < 4.78 is 5.58. The molecule has 2 atom stereocenters. The van der Waals surface area contributed by atoms with Gasteiger partial charge >= 0.3 is 0 Å². The summed E-state index contributed by atoms with van der Waals surface area (Å²) in [5.74, 6) is 0. The molecule has 13 heavy (non-hydrogen) atoms. The third-order valence-electron chi connectivity index (χ3n) is 2.33. The van der Waals surface area contributed by atoms with Crippen LogP contribution in [0, 0.1) is 0 Å². The Hall–Kier alpha value is -0.390. The molecular formula is C11H15OP. The fourth-order valence-electron chi connectivity index (χ4n) is 1.59. The minimum absolute atomic E-state index is 0.540. The summed E-state index contributed by atoms with van der Waals surface area (Å²) in [7, 11) is 0.913. The largest absolute Gasteiger partial charge is 0.378 e. The van der Waals surface area contributed by atoms with E-state index in [1.807, 2.05) is 0 Å². The van der Waals surface area contributed by atoms with Gasteiger partial charge in [0.2, 0.25) is 0 Å². The summed E-state index contributed by atoms with van der Waals surface area (Å²) in [6.07, 6.45) is 4.27. The lowest BCUT2D eigenvalue weighted by Crippen LogP contribution is -2.09. The van der Waals surface area contributed by atoms with Gasteiger partial charge in [-0.2, -0.15) is 0 Å². The van der Waals surface area contributed by atoms with E-state index in [4.69, 9.17) is 4.74 Å². The van der Waals surface area contributed by atoms with Crippen LogP contribution in [0.4, 0.5) is 0 Å². The van der Waals surface area contributed by atoms with Gasteiger partial charge in [0.1, 0.15) is 0 Å². The number of benzene rings is 1. The van der Waals surface area contributed by atoms with E-state index in [-0.39, 0.29) is 0 Å². The smallest absolute Gasteiger partial charge is 0.0615 e. The number of ether oxygens (including phenoxy) is 1. The molecule has 0 N–H and O–H groups in total. The molecule has 1 aromatic rings. The summed E-state index contributed by atoms with van der Waals surface area (Å²) in [5, 5.41) is 1.46. The molecule has 1 nitrogen and oxygen atoms in total. The first-order chi connectivity index (χ1) is 6.45. The van der Waals surface area contributed by atoms with Crippen LogP contribution in [0.3, 0.4) is 0 Å². The van der Waals surface area contributed by atoms with Crippen LogP contribution < -0.4 is 5.30 Å². The molecule has 1 heterocycles. The first-order valence-electron chi connectivity index (χ1n) is 4.86. The molecule has 1 aliphatic heterocycles. The van der Waals surface area contributed by atoms with E-state index in [0.717, 1.165) is 15.2 Å². The van der Waals surface area contributed by atoms with Crippen LogP contribution in [-0.2, 0) is 4.74 Å². The van der Waals surface area contributed by atoms with Gasteiger partial charge in [-0.1, -0.05) is 38.9 Å². The van der Waals surface area contributed by atoms with Crippen molar-refractivity contribution in [3.05, 3.63) is 30.3 Å². The molecule has 2 unspecified atom stereocenters. The van der Waals surface area contributed by atoms with Crippen molar-refractivity contribution in [2.24, 2.45) is 0 Å². The third kappa shape index (κ3) is 2.79. The van der Waals surface area contributed by atoms with Crippen molar-refractivity contribution in [2.75, 3.05) is 12.8 Å². The van der Waals surface area contributed by atoms with E-state index in [1.54, 1.807) is 0 Å². The highest BCUT2D eigenvalue weighted by molar-refractivity contribution is 7.47. The minimum Gasteiger partial charge on any atom is -0.378 e. The second kappa shape index (κ2) is 4.74. The van der Waals surface area contributed by atoms with Gasteiger partial charge in [0.25, 0.3) is 0 Å². The number of hydrogen-bond donors (Lipinski definition) is 0. The van der Waals surface area contributed by atoms with Gasteiger partial charge in [0, 0.05) is 6.61 Å². The second-order valence-electron chi connectivity index (χ2n) is 3.38. The van der Waals surface area contributed by atoms with E-state index in [0.29, 0.717) is 6.10 Å². The van der Waals surface area contributed by atoms with Crippen molar-refractivity contribution in [1.29, 1.82) is 0 Å². The molecule has 2 heteroatoms. The third-order valence-corrected chi connectivity index (χ3v) is 3.73. The Kier molecular flexibility index (Phi) is 3.34. The van der Waals surface area contributed by atoms with E-state index in [9.17, 15) is 0 Å². The van der Waals surface area contributed by atoms with E-state index in [1.165, 1.54) is 24.3 Å². The van der Waals surface area contributed by atoms with Crippen molar-refractivity contribution in [2.45, 2.75) is 18.9 Å². The predicted octanol–water partition coefficient (Wildman–Crippen LogP) is 2.17. The monoisotopic (exact) mass is 194 g/mol. The maximum atomic E-state index is 5.58. The average molecular weight is 194 g/mol. The SMILES string of the molecule is c1ccc(PCC2CCCO2)cc1. The molecular weight excluding hydrogens is 179 g/mol. The summed E-state index contributed by atoms with van der Waals surface area (Å²) in [4.78, 5) is 0. The zero-order valence-electron chi connectivity index (χ0n) is 7.70. The fourth-order valence-corrected chi connectivity index (χ4v) is 2.81. The standard InChI is InChI=1S/C11H15OP/c1-2-6-11(7-3-1)13-9-10-5-4-8-12-10/h1-3,6-7,10,13H,4-5,8-9H2. The molecule has 1 aromatic carbocycles. The Bertz CT molecular complexity index is 242. The highest BCUT2D eigenvalue weighted by Gasteiger charge is 2.14. The van der Waals surface area contributed by atoms with Crippen LogP contribution in [0.15, 0.2) is 30.3 Å². The lowest BCUT2D eigenvalue weighted by atomic mass is 10.3. The highest BCUT2D eigenvalue weighted by atomic mass is 31.1. The summed E-state index contributed by atoms with van der Waals surface area (Å²) in [5.41, 5.74) is 0. The fraction of sp³-hybridized carbons (Fsp3) is 0.455. The lowest BCUT2D eigenvalue weighted by molar-refractivity contribution is 0.128. The van der Waals surface area contributed by atoms with Gasteiger partial charge in [0.05, 0.1) is 6.10 Å². The van der Waals surface area contributed by atoms with Crippen LogP contribution >= 0.6 is 8.58 Å². The highest BCUT2D eigenvalue weighted by Crippen LogP contribution is 2.20. The zero-order valence-corrected chi connectivity index (χ0v) is 8.70. The van der Waals surface area contributed by atoms with Gasteiger partial charge in [0.15, 0.2) is 0 Å². The van der Waals surface area contributed by atoms with E-state index >= 15 is 0 Å². The molecule has 1 aliphatic rings. The Labute approximate surface area is 81.3 Å². The molecule has 1 fully saturated rings. The van der Waals surface area contributed by atoms with E-state index < -0.39 is 0 Å². The van der Waals surface area contributed by atoms with Gasteiger partial charge in [-0.3, -0.25) is 0 Å². The maximum absolute atomic E-state index is 5.58. The van der Waals surface area contributed by atoms with Crippen LogP contribution in [0.1, 0.15) is 12.8 Å². The molecule has 2 rings (SSSR count). The molecule has 0 saturated carbocycles. The van der Waals surface area contributed by atoms with Gasteiger partial charge in [-0.25, -0.2) is 0 Å². The maximum Gasteiger partial charge on any atom is 0.0615 e. The van der Waals surface area contributed by atoms with Crippen molar-refractivity contribution in [3.63, 3.8) is 0 Å². The molecule has 1 saturated heterocycles. The molecule has 0 aromatic heterocycles. The lowest BCUT2D eigenvalue weighted by Gasteiger charge is -2.08. The van der Waals surface area contributed by atoms with Gasteiger partial charge < -0.3 is 4.74 Å². The van der Waals surface area contributed by atoms with Gasteiger partial charge in [-0.05, 0) is 24.3 Å². The van der Waals surface area contributed by atoms with Crippen LogP contribution in [0.5, 0.6) is 0 Å². The Morgan fingerprint density at radius 1 is 1.31 bits per heavy atom. The molecule has 0 spiro atoms. The van der Waals surface area contributed by atoms with Crippen LogP contribution in [0.2, 0.25) is 0 Å². The summed E-state index contributed by atoms with van der Waals surface area (Å²) in [6.45, 7) is 0.976. The number of hydrogen-bond acceptors (Lipinski definition) is 1. The van der Waals surface area contributed by atoms with Crippen molar-refractivity contribution < 1.29 is 4.74 Å². The normalized spacial score (nSPS) is 22.9. The second-order valence-corrected chi connectivity index (χ2v) is 4.72. The van der Waals surface area contributed by atoms with E-state index in [2.05, 4.69) is 30.3 Å². The van der Waals surface area contributed by atoms with Crippen LogP contribution in [-0.4, -0.2) is 18.9 Å². The number of rotatable bonds is 3. The van der Waals surface area contributed by atoms with Gasteiger partial charge in [-0.15, -0.1) is 0 Å². The molecule has 0 bridgehead atoms. The first-order valence-corrected chi connectivity index (χ1v) is 6.06. The molecule has 70 valence electrons. The topological polar surface area (TPSA) is 9.23 Å². The Morgan fingerprint density at radius 2 is 2.15 bits per heavy atom. The Balaban J connectivity index is 1.79. The molecule has 0 radical (unpaired) electrons. The predicted molar refractivity (Wildman–Crippen MR) is 58.2 cm³/mol. The molecule has 0 amide bonds. The first kappa shape index (κ1) is 9.18. The summed E-state index contributed by atoms with van der Waals surface area (Å²) >= 11 is 0. The average Bonchev–Trinajstić information content (AvgIpc) is 2.69. The minimum atomic E-state index is 0.540. The van der Waals surface area contributed by atoms with Crippen molar-refractivity contribution in [3.8, 4) is 0 Å². The van der Waals surface area contributed by atoms with Crippen molar-refractivity contribution >= 4 is 13.9 Å². The van der Waals surface area contributed by atoms with Crippen molar-refractivity contribution in [1.82, 2.24) is 0 Å². The molecule has 0 aliphatic carbocycles. The zero-order chi connectivity index (χ0) is 8.93.